The summed E-state index contributed by atoms with van der Waals surface area (Å²) in [6.45, 7) is 0. The molecule has 1 amide bonds. The third-order valence-corrected chi connectivity index (χ3v) is 3.35. The molecule has 5 nitrogen and oxygen atoms in total. The number of benzene rings is 1. The van der Waals surface area contributed by atoms with Gasteiger partial charge in [0.05, 0.1) is 16.8 Å². The number of carboxylic acids is 1. The van der Waals surface area contributed by atoms with Crippen molar-refractivity contribution < 1.29 is 14.7 Å². The lowest BCUT2D eigenvalue weighted by molar-refractivity contribution is -0.121. The van der Waals surface area contributed by atoms with Crippen molar-refractivity contribution in [3.05, 3.63) is 29.8 Å². The number of amides is 1. The van der Waals surface area contributed by atoms with Gasteiger partial charge in [-0.25, -0.2) is 4.79 Å². The number of rotatable bonds is 3. The fourth-order valence-electron chi connectivity index (χ4n) is 2.26. The van der Waals surface area contributed by atoms with E-state index >= 15 is 0 Å². The highest BCUT2D eigenvalue weighted by Crippen LogP contribution is 2.28. The van der Waals surface area contributed by atoms with Crippen LogP contribution in [0.4, 0.5) is 5.69 Å². The fraction of sp³-hybridized carbons (Fsp3) is 0.385. The number of carboxylic acid groups (broad SMARTS) is 1. The van der Waals surface area contributed by atoms with E-state index in [0.29, 0.717) is 18.5 Å². The summed E-state index contributed by atoms with van der Waals surface area (Å²) < 4.78 is 0. The Morgan fingerprint density at radius 1 is 1.22 bits per heavy atom. The number of hydrogen-bond donors (Lipinski definition) is 3. The summed E-state index contributed by atoms with van der Waals surface area (Å²) in [5, 5.41) is 11.7. The molecule has 0 unspecified atom stereocenters. The van der Waals surface area contributed by atoms with Crippen LogP contribution in [-0.4, -0.2) is 22.5 Å². The predicted molar refractivity (Wildman–Crippen MR) is 67.4 cm³/mol. The van der Waals surface area contributed by atoms with Crippen LogP contribution >= 0.6 is 0 Å². The number of carbonyl (C=O) groups excluding carboxylic acids is 1. The molecule has 0 bridgehead atoms. The lowest BCUT2D eigenvalue weighted by Gasteiger charge is -2.22. The molecular formula is C13H16N2O3. The van der Waals surface area contributed by atoms with Crippen molar-refractivity contribution in [1.29, 1.82) is 0 Å². The Morgan fingerprint density at radius 2 is 1.83 bits per heavy atom. The maximum atomic E-state index is 12.1. The highest BCUT2D eigenvalue weighted by atomic mass is 16.4. The van der Waals surface area contributed by atoms with Crippen LogP contribution in [0.1, 0.15) is 36.0 Å². The molecule has 1 fully saturated rings. The van der Waals surface area contributed by atoms with Crippen molar-refractivity contribution in [2.45, 2.75) is 31.2 Å². The van der Waals surface area contributed by atoms with E-state index in [2.05, 4.69) is 5.32 Å². The van der Waals surface area contributed by atoms with Crippen molar-refractivity contribution in [1.82, 2.24) is 0 Å². The van der Waals surface area contributed by atoms with E-state index in [1.807, 2.05) is 0 Å². The van der Waals surface area contributed by atoms with Gasteiger partial charge >= 0.3 is 5.97 Å². The van der Waals surface area contributed by atoms with E-state index in [0.717, 1.165) is 12.8 Å². The zero-order chi connectivity index (χ0) is 13.2. The van der Waals surface area contributed by atoms with E-state index in [-0.39, 0.29) is 11.5 Å². The van der Waals surface area contributed by atoms with E-state index in [1.165, 1.54) is 6.07 Å². The number of aromatic carboxylic acids is 1. The minimum Gasteiger partial charge on any atom is -0.478 e. The molecule has 0 aliphatic heterocycles. The van der Waals surface area contributed by atoms with Crippen molar-refractivity contribution in [2.24, 2.45) is 5.73 Å². The SMILES string of the molecule is NC1(C(=O)Nc2ccccc2C(=O)O)CCCC1. The molecule has 4 N–H and O–H groups in total. The molecule has 1 aromatic rings. The third kappa shape index (κ3) is 2.36. The second-order valence-electron chi connectivity index (χ2n) is 4.67. The van der Waals surface area contributed by atoms with Crippen molar-refractivity contribution in [3.63, 3.8) is 0 Å². The molecule has 1 aliphatic rings. The molecular weight excluding hydrogens is 232 g/mol. The number of hydrogen-bond acceptors (Lipinski definition) is 3. The first-order valence-electron chi connectivity index (χ1n) is 5.95. The summed E-state index contributed by atoms with van der Waals surface area (Å²) in [5.74, 6) is -1.36. The molecule has 0 heterocycles. The highest BCUT2D eigenvalue weighted by molar-refractivity contribution is 6.03. The van der Waals surface area contributed by atoms with Crippen LogP contribution in [0, 0.1) is 0 Å². The smallest absolute Gasteiger partial charge is 0.337 e. The van der Waals surface area contributed by atoms with Crippen molar-refractivity contribution >= 4 is 17.6 Å². The maximum Gasteiger partial charge on any atom is 0.337 e. The van der Waals surface area contributed by atoms with E-state index < -0.39 is 11.5 Å². The molecule has 0 spiro atoms. The van der Waals surface area contributed by atoms with Crippen molar-refractivity contribution in [3.8, 4) is 0 Å². The van der Waals surface area contributed by atoms with Crippen LogP contribution < -0.4 is 11.1 Å². The van der Waals surface area contributed by atoms with Gasteiger partial charge in [-0.3, -0.25) is 4.79 Å². The molecule has 0 atom stereocenters. The fourth-order valence-corrected chi connectivity index (χ4v) is 2.26. The standard InChI is InChI=1S/C13H16N2O3/c14-13(7-3-4-8-13)12(18)15-10-6-2-1-5-9(10)11(16)17/h1-2,5-6H,3-4,7-8,14H2,(H,15,18)(H,16,17). The first kappa shape index (κ1) is 12.6. The highest BCUT2D eigenvalue weighted by Gasteiger charge is 2.37. The number of nitrogens with one attached hydrogen (secondary N) is 1. The molecule has 0 aromatic heterocycles. The summed E-state index contributed by atoms with van der Waals surface area (Å²) in [7, 11) is 0. The summed E-state index contributed by atoms with van der Waals surface area (Å²) in [6.07, 6.45) is 3.16. The Morgan fingerprint density at radius 3 is 2.44 bits per heavy atom. The minimum atomic E-state index is -1.07. The van der Waals surface area contributed by atoms with E-state index in [4.69, 9.17) is 10.8 Å². The summed E-state index contributed by atoms with van der Waals surface area (Å²) in [4.78, 5) is 23.1. The van der Waals surface area contributed by atoms with Crippen LogP contribution in [-0.2, 0) is 4.79 Å². The zero-order valence-electron chi connectivity index (χ0n) is 9.98. The number of nitrogens with two attached hydrogens (primary N) is 1. The molecule has 96 valence electrons. The van der Waals surface area contributed by atoms with Crippen LogP contribution in [0.5, 0.6) is 0 Å². The first-order chi connectivity index (χ1) is 8.53. The van der Waals surface area contributed by atoms with Crippen LogP contribution in [0.15, 0.2) is 24.3 Å². The van der Waals surface area contributed by atoms with Crippen LogP contribution in [0.2, 0.25) is 0 Å². The summed E-state index contributed by atoms with van der Waals surface area (Å²) in [6, 6.07) is 6.32. The van der Waals surface area contributed by atoms with Gasteiger partial charge in [-0.2, -0.15) is 0 Å². The first-order valence-corrected chi connectivity index (χ1v) is 5.95. The molecule has 1 saturated carbocycles. The molecule has 2 rings (SSSR count). The largest absolute Gasteiger partial charge is 0.478 e. The Labute approximate surface area is 105 Å². The maximum absolute atomic E-state index is 12.1. The quantitative estimate of drug-likeness (QED) is 0.757. The van der Waals surface area contributed by atoms with E-state index in [9.17, 15) is 9.59 Å². The van der Waals surface area contributed by atoms with Crippen LogP contribution in [0.3, 0.4) is 0 Å². The molecule has 0 saturated heterocycles. The molecule has 1 aromatic carbocycles. The summed E-state index contributed by atoms with van der Waals surface area (Å²) in [5.41, 5.74) is 5.54. The second kappa shape index (κ2) is 4.78. The lowest BCUT2D eigenvalue weighted by atomic mass is 9.98. The van der Waals surface area contributed by atoms with Gasteiger partial charge in [0, 0.05) is 0 Å². The molecule has 5 heteroatoms. The average Bonchev–Trinajstić information content (AvgIpc) is 2.78. The number of anilines is 1. The van der Waals surface area contributed by atoms with Gasteiger partial charge < -0.3 is 16.2 Å². The topological polar surface area (TPSA) is 92.4 Å². The molecule has 1 aliphatic carbocycles. The predicted octanol–water partition coefficient (Wildman–Crippen LogP) is 1.59. The monoisotopic (exact) mass is 248 g/mol. The van der Waals surface area contributed by atoms with Gasteiger partial charge in [-0.1, -0.05) is 25.0 Å². The average molecular weight is 248 g/mol. The van der Waals surface area contributed by atoms with Gasteiger partial charge in [0.25, 0.3) is 0 Å². The van der Waals surface area contributed by atoms with Gasteiger partial charge in [0.1, 0.15) is 0 Å². The second-order valence-corrected chi connectivity index (χ2v) is 4.67. The Kier molecular flexibility index (Phi) is 3.34. The molecule has 0 radical (unpaired) electrons. The van der Waals surface area contributed by atoms with Gasteiger partial charge in [-0.05, 0) is 25.0 Å². The minimum absolute atomic E-state index is 0.0763. The lowest BCUT2D eigenvalue weighted by Crippen LogP contribution is -2.48. The van der Waals surface area contributed by atoms with Gasteiger partial charge in [0.2, 0.25) is 5.91 Å². The number of carbonyl (C=O) groups is 2. The molecule has 18 heavy (non-hydrogen) atoms. The Bertz CT molecular complexity index is 479. The van der Waals surface area contributed by atoms with Crippen molar-refractivity contribution in [2.75, 3.05) is 5.32 Å². The van der Waals surface area contributed by atoms with Gasteiger partial charge in [0.15, 0.2) is 0 Å². The zero-order valence-corrected chi connectivity index (χ0v) is 9.98. The Hall–Kier alpha value is -1.88. The number of para-hydroxylation sites is 1. The Balaban J connectivity index is 2.19. The van der Waals surface area contributed by atoms with Crippen LogP contribution in [0.25, 0.3) is 0 Å². The normalized spacial score (nSPS) is 17.4. The third-order valence-electron chi connectivity index (χ3n) is 3.35. The van der Waals surface area contributed by atoms with Gasteiger partial charge in [-0.15, -0.1) is 0 Å². The summed E-state index contributed by atoms with van der Waals surface area (Å²) >= 11 is 0. The van der Waals surface area contributed by atoms with E-state index in [1.54, 1.807) is 18.2 Å².